The van der Waals surface area contributed by atoms with Gasteiger partial charge in [-0.25, -0.2) is 4.79 Å². The van der Waals surface area contributed by atoms with E-state index < -0.39 is 18.8 Å². The van der Waals surface area contributed by atoms with Crippen LogP contribution in [0.15, 0.2) is 42.5 Å². The molecule has 0 radical (unpaired) electrons. The molecule has 0 aromatic heterocycles. The molecule has 0 unspecified atom stereocenters. The van der Waals surface area contributed by atoms with E-state index in [1.807, 2.05) is 51.1 Å². The van der Waals surface area contributed by atoms with Crippen LogP contribution in [0.25, 0.3) is 0 Å². The zero-order chi connectivity index (χ0) is 20.9. The van der Waals surface area contributed by atoms with Crippen LogP contribution in [0, 0.1) is 0 Å². The van der Waals surface area contributed by atoms with Crippen molar-refractivity contribution in [2.45, 2.75) is 39.4 Å². The van der Waals surface area contributed by atoms with Crippen LogP contribution >= 0.6 is 0 Å². The first kappa shape index (κ1) is 21.0. The molecule has 0 bridgehead atoms. The first-order valence-corrected chi connectivity index (χ1v) is 9.60. The molecule has 2 aromatic carbocycles. The van der Waals surface area contributed by atoms with Crippen LogP contribution in [0.2, 0.25) is 0 Å². The summed E-state index contributed by atoms with van der Waals surface area (Å²) in [4.78, 5) is 11.6. The van der Waals surface area contributed by atoms with Crippen molar-refractivity contribution in [3.05, 3.63) is 48.0 Å². The number of carbonyl (C=O) groups excluding carboxylic acids is 1. The minimum absolute atomic E-state index is 0.406. The van der Waals surface area contributed by atoms with Gasteiger partial charge in [0.15, 0.2) is 0 Å². The highest BCUT2D eigenvalue weighted by molar-refractivity contribution is 6.61. The Labute approximate surface area is 171 Å². The fourth-order valence-corrected chi connectivity index (χ4v) is 2.79. The van der Waals surface area contributed by atoms with E-state index in [0.29, 0.717) is 43.4 Å². The molecule has 7 nitrogen and oxygen atoms in total. The van der Waals surface area contributed by atoms with E-state index in [9.17, 15) is 9.82 Å². The predicted molar refractivity (Wildman–Crippen MR) is 110 cm³/mol. The van der Waals surface area contributed by atoms with Gasteiger partial charge in [-0.3, -0.25) is 0 Å². The minimum atomic E-state index is -0.905. The largest absolute Gasteiger partial charge is 0.493 e. The molecule has 0 aliphatic carbocycles. The van der Waals surface area contributed by atoms with Gasteiger partial charge in [-0.15, -0.1) is 0 Å². The Morgan fingerprint density at radius 1 is 1.17 bits per heavy atom. The van der Waals surface area contributed by atoms with Crippen molar-refractivity contribution >= 4 is 18.7 Å². The number of hydrogen-bond acceptors (Lipinski definition) is 6. The number of alkyl carbamates (subject to hydrolysis) is 1. The molecule has 154 valence electrons. The zero-order valence-electron chi connectivity index (χ0n) is 16.9. The third kappa shape index (κ3) is 6.40. The number of carbonyl (C=O) groups is 1. The molecule has 2 aromatic rings. The third-order valence-corrected chi connectivity index (χ3v) is 4.08. The molecule has 0 saturated heterocycles. The van der Waals surface area contributed by atoms with Crippen LogP contribution in [-0.2, 0) is 16.0 Å². The van der Waals surface area contributed by atoms with E-state index in [0.717, 1.165) is 11.0 Å². The molecular formula is C21H26BNO6. The van der Waals surface area contributed by atoms with Gasteiger partial charge in [-0.1, -0.05) is 12.1 Å². The van der Waals surface area contributed by atoms with E-state index in [1.54, 1.807) is 12.1 Å². The number of ether oxygens (including phenoxy) is 3. The number of nitrogens with one attached hydrogen (secondary N) is 1. The van der Waals surface area contributed by atoms with E-state index in [2.05, 4.69) is 5.32 Å². The second-order valence-corrected chi connectivity index (χ2v) is 7.73. The van der Waals surface area contributed by atoms with Crippen LogP contribution in [-0.4, -0.2) is 37.0 Å². The Kier molecular flexibility index (Phi) is 6.66. The summed E-state index contributed by atoms with van der Waals surface area (Å²) in [5.41, 5.74) is 1.18. The summed E-state index contributed by atoms with van der Waals surface area (Å²) in [6, 6.07) is 12.8. The topological polar surface area (TPSA) is 86.3 Å². The molecule has 1 heterocycles. The van der Waals surface area contributed by atoms with Crippen molar-refractivity contribution in [2.24, 2.45) is 0 Å². The van der Waals surface area contributed by atoms with Gasteiger partial charge in [0, 0.05) is 12.6 Å². The highest BCUT2D eigenvalue weighted by Crippen LogP contribution is 2.26. The third-order valence-electron chi connectivity index (χ3n) is 4.08. The summed E-state index contributed by atoms with van der Waals surface area (Å²) >= 11 is 0. The molecule has 1 amide bonds. The molecule has 3 rings (SSSR count). The lowest BCUT2D eigenvalue weighted by Gasteiger charge is -2.19. The van der Waals surface area contributed by atoms with Crippen LogP contribution in [0.5, 0.6) is 17.2 Å². The van der Waals surface area contributed by atoms with Crippen LogP contribution < -0.4 is 20.3 Å². The molecule has 1 aliphatic heterocycles. The summed E-state index contributed by atoms with van der Waals surface area (Å²) in [6.07, 6.45) is 0.213. The fraction of sp³-hybridized carbons (Fsp3) is 0.381. The predicted octanol–water partition coefficient (Wildman–Crippen LogP) is 2.99. The maximum atomic E-state index is 11.6. The Morgan fingerprint density at radius 3 is 2.72 bits per heavy atom. The first-order chi connectivity index (χ1) is 13.8. The van der Waals surface area contributed by atoms with E-state index in [4.69, 9.17) is 18.9 Å². The zero-order valence-corrected chi connectivity index (χ0v) is 16.9. The highest BCUT2D eigenvalue weighted by atomic mass is 16.6. The second-order valence-electron chi connectivity index (χ2n) is 7.73. The van der Waals surface area contributed by atoms with Crippen molar-refractivity contribution in [3.8, 4) is 17.2 Å². The van der Waals surface area contributed by atoms with E-state index in [-0.39, 0.29) is 0 Å². The van der Waals surface area contributed by atoms with E-state index >= 15 is 0 Å². The van der Waals surface area contributed by atoms with Crippen molar-refractivity contribution in [1.82, 2.24) is 5.32 Å². The lowest BCUT2D eigenvalue weighted by molar-refractivity contribution is 0.0525. The quantitative estimate of drug-likeness (QED) is 0.550. The van der Waals surface area contributed by atoms with Crippen LogP contribution in [0.1, 0.15) is 32.8 Å². The SMILES string of the molecule is CC(C)(C)OC(=O)NCCCOc1cccc(Oc2ccc3c(c2)B(O)OC3)c1. The molecule has 0 atom stereocenters. The van der Waals surface area contributed by atoms with Crippen molar-refractivity contribution in [2.75, 3.05) is 13.2 Å². The summed E-state index contributed by atoms with van der Waals surface area (Å²) < 4.78 is 22.0. The van der Waals surface area contributed by atoms with Crippen molar-refractivity contribution in [3.63, 3.8) is 0 Å². The molecule has 1 aliphatic rings. The number of benzene rings is 2. The Hall–Kier alpha value is -2.71. The molecule has 8 heteroatoms. The summed E-state index contributed by atoms with van der Waals surface area (Å²) in [6.45, 7) is 6.78. The summed E-state index contributed by atoms with van der Waals surface area (Å²) in [5, 5.41) is 12.5. The molecule has 29 heavy (non-hydrogen) atoms. The first-order valence-electron chi connectivity index (χ1n) is 9.60. The smallest absolute Gasteiger partial charge is 0.491 e. The van der Waals surface area contributed by atoms with Gasteiger partial charge in [0.2, 0.25) is 0 Å². The Balaban J connectivity index is 1.45. The maximum absolute atomic E-state index is 11.6. The average molecular weight is 399 g/mol. The van der Waals surface area contributed by atoms with Gasteiger partial charge in [-0.2, -0.15) is 0 Å². The Bertz CT molecular complexity index is 851. The van der Waals surface area contributed by atoms with Crippen LogP contribution in [0.4, 0.5) is 4.79 Å². The lowest BCUT2D eigenvalue weighted by atomic mass is 9.79. The van der Waals surface area contributed by atoms with Gasteiger partial charge < -0.3 is 29.2 Å². The highest BCUT2D eigenvalue weighted by Gasteiger charge is 2.27. The number of hydrogen-bond donors (Lipinski definition) is 2. The molecular weight excluding hydrogens is 373 g/mol. The number of fused-ring (bicyclic) bond motifs is 1. The monoisotopic (exact) mass is 399 g/mol. The lowest BCUT2D eigenvalue weighted by Crippen LogP contribution is -2.33. The standard InChI is InChI=1S/C21H26BNO6/c1-21(2,3)29-20(24)23-10-5-11-26-16-6-4-7-17(12-16)28-18-9-8-15-14-27-22(25)19(15)13-18/h4,6-9,12-13,25H,5,10-11,14H2,1-3H3,(H,23,24). The van der Waals surface area contributed by atoms with Gasteiger partial charge in [0.1, 0.15) is 22.8 Å². The Morgan fingerprint density at radius 2 is 1.93 bits per heavy atom. The number of rotatable bonds is 7. The average Bonchev–Trinajstić information content (AvgIpc) is 3.01. The van der Waals surface area contributed by atoms with Crippen LogP contribution in [0.3, 0.4) is 0 Å². The van der Waals surface area contributed by atoms with E-state index in [1.165, 1.54) is 0 Å². The minimum Gasteiger partial charge on any atom is -0.493 e. The summed E-state index contributed by atoms with van der Waals surface area (Å²) in [7, 11) is -0.905. The molecule has 0 fully saturated rings. The second kappa shape index (κ2) is 9.20. The maximum Gasteiger partial charge on any atom is 0.491 e. The molecule has 0 saturated carbocycles. The fourth-order valence-electron chi connectivity index (χ4n) is 2.79. The normalized spacial score (nSPS) is 13.0. The van der Waals surface area contributed by atoms with Crippen molar-refractivity contribution < 1.29 is 28.7 Å². The van der Waals surface area contributed by atoms with Crippen molar-refractivity contribution in [1.29, 1.82) is 0 Å². The van der Waals surface area contributed by atoms with Gasteiger partial charge in [-0.05, 0) is 62.5 Å². The molecule has 2 N–H and O–H groups in total. The van der Waals surface area contributed by atoms with Gasteiger partial charge in [0.05, 0.1) is 13.2 Å². The van der Waals surface area contributed by atoms with Gasteiger partial charge >= 0.3 is 13.2 Å². The van der Waals surface area contributed by atoms with Gasteiger partial charge in [0.25, 0.3) is 0 Å². The summed E-state index contributed by atoms with van der Waals surface area (Å²) in [5.74, 6) is 1.92. The molecule has 0 spiro atoms. The number of amides is 1.